The van der Waals surface area contributed by atoms with Crippen molar-refractivity contribution >= 4 is 0 Å². The van der Waals surface area contributed by atoms with Crippen LogP contribution in [0.15, 0.2) is 57.5 Å². The summed E-state index contributed by atoms with van der Waals surface area (Å²) < 4.78 is 36.6. The SMILES string of the molecule is Fc1ccc(-c2noc(Cc3nnc(-c4ccc(F)cc4)o3)n2)cc1. The van der Waals surface area contributed by atoms with Crippen molar-refractivity contribution in [2.45, 2.75) is 6.42 Å². The number of hydrogen-bond donors (Lipinski definition) is 0. The van der Waals surface area contributed by atoms with Crippen LogP contribution in [0.25, 0.3) is 22.8 Å². The Morgan fingerprint density at radius 3 is 2.08 bits per heavy atom. The molecule has 0 aliphatic rings. The van der Waals surface area contributed by atoms with Crippen molar-refractivity contribution in [1.29, 1.82) is 0 Å². The maximum atomic E-state index is 12.9. The molecule has 0 radical (unpaired) electrons. The second kappa shape index (κ2) is 6.23. The highest BCUT2D eigenvalue weighted by atomic mass is 19.1. The molecular weight excluding hydrogens is 330 g/mol. The van der Waals surface area contributed by atoms with Crippen LogP contribution >= 0.6 is 0 Å². The van der Waals surface area contributed by atoms with Crippen LogP contribution in [0, 0.1) is 11.6 Å². The summed E-state index contributed by atoms with van der Waals surface area (Å²) in [6, 6.07) is 11.5. The van der Waals surface area contributed by atoms with Crippen LogP contribution in [0.1, 0.15) is 11.8 Å². The number of hydrogen-bond acceptors (Lipinski definition) is 6. The molecule has 6 nitrogen and oxygen atoms in total. The van der Waals surface area contributed by atoms with Crippen molar-refractivity contribution < 1.29 is 17.7 Å². The van der Waals surface area contributed by atoms with Crippen LogP contribution in [0.5, 0.6) is 0 Å². The first-order valence-corrected chi connectivity index (χ1v) is 7.34. The third-order valence-corrected chi connectivity index (χ3v) is 3.43. The minimum atomic E-state index is -0.345. The van der Waals surface area contributed by atoms with Gasteiger partial charge in [-0.3, -0.25) is 0 Å². The lowest BCUT2D eigenvalue weighted by atomic mass is 10.2. The Bertz CT molecular complexity index is 912. The molecule has 2 aromatic heterocycles. The van der Waals surface area contributed by atoms with Gasteiger partial charge in [0.05, 0.1) is 0 Å². The van der Waals surface area contributed by atoms with Gasteiger partial charge < -0.3 is 8.94 Å². The zero-order valence-electron chi connectivity index (χ0n) is 12.7. The van der Waals surface area contributed by atoms with E-state index in [2.05, 4.69) is 20.3 Å². The lowest BCUT2D eigenvalue weighted by Crippen LogP contribution is -1.89. The highest BCUT2D eigenvalue weighted by molar-refractivity contribution is 5.54. The number of aromatic nitrogens is 4. The van der Waals surface area contributed by atoms with E-state index in [4.69, 9.17) is 8.94 Å². The van der Waals surface area contributed by atoms with Crippen LogP contribution in [0.4, 0.5) is 8.78 Å². The van der Waals surface area contributed by atoms with Crippen molar-refractivity contribution in [3.05, 3.63) is 71.9 Å². The Hall–Kier alpha value is -3.42. The fourth-order valence-electron chi connectivity index (χ4n) is 2.21. The molecule has 0 saturated heterocycles. The van der Waals surface area contributed by atoms with Gasteiger partial charge in [-0.2, -0.15) is 4.98 Å². The topological polar surface area (TPSA) is 77.8 Å². The van der Waals surface area contributed by atoms with Crippen molar-refractivity contribution in [1.82, 2.24) is 20.3 Å². The summed E-state index contributed by atoms with van der Waals surface area (Å²) in [6.45, 7) is 0. The van der Waals surface area contributed by atoms with Crippen LogP contribution in [-0.4, -0.2) is 20.3 Å². The van der Waals surface area contributed by atoms with E-state index in [1.54, 1.807) is 24.3 Å². The summed E-state index contributed by atoms with van der Waals surface area (Å²) in [6.07, 6.45) is 0.155. The minimum absolute atomic E-state index is 0.155. The Balaban J connectivity index is 1.51. The van der Waals surface area contributed by atoms with E-state index in [1.807, 2.05) is 0 Å². The molecule has 124 valence electrons. The molecular formula is C17H10F2N4O2. The van der Waals surface area contributed by atoms with Gasteiger partial charge in [-0.15, -0.1) is 10.2 Å². The molecule has 0 amide bonds. The smallest absolute Gasteiger partial charge is 0.247 e. The lowest BCUT2D eigenvalue weighted by molar-refractivity contribution is 0.374. The molecule has 0 N–H and O–H groups in total. The van der Waals surface area contributed by atoms with E-state index in [0.29, 0.717) is 17.0 Å². The number of halogens is 2. The molecule has 0 unspecified atom stereocenters. The lowest BCUT2D eigenvalue weighted by Gasteiger charge is -1.93. The molecule has 0 atom stereocenters. The summed E-state index contributed by atoms with van der Waals surface area (Å²) in [5.74, 6) is 0.498. The van der Waals surface area contributed by atoms with Crippen molar-refractivity contribution in [3.8, 4) is 22.8 Å². The van der Waals surface area contributed by atoms with E-state index in [1.165, 1.54) is 24.3 Å². The Morgan fingerprint density at radius 1 is 0.760 bits per heavy atom. The van der Waals surface area contributed by atoms with Crippen molar-refractivity contribution in [2.75, 3.05) is 0 Å². The molecule has 0 bridgehead atoms. The molecule has 0 spiro atoms. The van der Waals surface area contributed by atoms with Crippen LogP contribution < -0.4 is 0 Å². The van der Waals surface area contributed by atoms with E-state index >= 15 is 0 Å². The molecule has 4 rings (SSSR count). The normalized spacial score (nSPS) is 11.0. The summed E-state index contributed by atoms with van der Waals surface area (Å²) in [7, 11) is 0. The summed E-state index contributed by atoms with van der Waals surface area (Å²) >= 11 is 0. The van der Waals surface area contributed by atoms with Gasteiger partial charge in [0.1, 0.15) is 18.1 Å². The fourth-order valence-corrected chi connectivity index (χ4v) is 2.21. The van der Waals surface area contributed by atoms with Gasteiger partial charge >= 0.3 is 0 Å². The molecule has 4 aromatic rings. The average molecular weight is 340 g/mol. The largest absolute Gasteiger partial charge is 0.420 e. The average Bonchev–Trinajstić information content (AvgIpc) is 3.27. The first kappa shape index (κ1) is 15.1. The van der Waals surface area contributed by atoms with Gasteiger partial charge in [0.2, 0.25) is 23.5 Å². The number of rotatable bonds is 4. The Kier molecular flexibility index (Phi) is 3.77. The zero-order chi connectivity index (χ0) is 17.2. The van der Waals surface area contributed by atoms with Crippen molar-refractivity contribution in [3.63, 3.8) is 0 Å². The molecule has 0 fully saturated rings. The van der Waals surface area contributed by atoms with Crippen LogP contribution in [0.2, 0.25) is 0 Å². The summed E-state index contributed by atoms with van der Waals surface area (Å²) in [5.41, 5.74) is 1.24. The van der Waals surface area contributed by atoms with Gasteiger partial charge in [0.25, 0.3) is 0 Å². The Labute approximate surface area is 140 Å². The predicted molar refractivity (Wildman–Crippen MR) is 82.2 cm³/mol. The zero-order valence-corrected chi connectivity index (χ0v) is 12.7. The number of benzene rings is 2. The second-order valence-corrected chi connectivity index (χ2v) is 5.20. The van der Waals surface area contributed by atoms with Crippen molar-refractivity contribution in [2.24, 2.45) is 0 Å². The van der Waals surface area contributed by atoms with E-state index in [-0.39, 0.29) is 35.7 Å². The second-order valence-electron chi connectivity index (χ2n) is 5.20. The monoisotopic (exact) mass is 340 g/mol. The molecule has 0 saturated carbocycles. The standard InChI is InChI=1S/C17H10F2N4O2/c18-12-5-1-10(2-6-12)16-20-14(25-23-16)9-15-21-22-17(24-15)11-3-7-13(19)8-4-11/h1-8H,9H2. The molecule has 8 heteroatoms. The highest BCUT2D eigenvalue weighted by Crippen LogP contribution is 2.20. The molecule has 2 aromatic carbocycles. The number of nitrogens with zero attached hydrogens (tertiary/aromatic N) is 4. The van der Waals surface area contributed by atoms with Crippen LogP contribution in [0.3, 0.4) is 0 Å². The van der Waals surface area contributed by atoms with Gasteiger partial charge in [-0.05, 0) is 48.5 Å². The van der Waals surface area contributed by atoms with Gasteiger partial charge in [-0.25, -0.2) is 8.78 Å². The first-order chi connectivity index (χ1) is 12.2. The van der Waals surface area contributed by atoms with Gasteiger partial charge in [0, 0.05) is 11.1 Å². The fraction of sp³-hybridized carbons (Fsp3) is 0.0588. The third-order valence-electron chi connectivity index (χ3n) is 3.43. The van der Waals surface area contributed by atoms with E-state index in [9.17, 15) is 8.78 Å². The molecule has 0 aliphatic heterocycles. The van der Waals surface area contributed by atoms with E-state index < -0.39 is 0 Å². The maximum absolute atomic E-state index is 12.9. The minimum Gasteiger partial charge on any atom is -0.420 e. The van der Waals surface area contributed by atoms with Gasteiger partial charge in [0.15, 0.2) is 0 Å². The Morgan fingerprint density at radius 2 is 1.40 bits per heavy atom. The quantitative estimate of drug-likeness (QED) is 0.564. The molecule has 0 aliphatic carbocycles. The third kappa shape index (κ3) is 3.27. The summed E-state index contributed by atoms with van der Waals surface area (Å²) in [5, 5.41) is 11.7. The molecule has 25 heavy (non-hydrogen) atoms. The van der Waals surface area contributed by atoms with Crippen LogP contribution in [-0.2, 0) is 6.42 Å². The summed E-state index contributed by atoms with van der Waals surface area (Å²) in [4.78, 5) is 4.22. The van der Waals surface area contributed by atoms with Gasteiger partial charge in [-0.1, -0.05) is 5.16 Å². The molecule has 2 heterocycles. The van der Waals surface area contributed by atoms with E-state index in [0.717, 1.165) is 0 Å². The highest BCUT2D eigenvalue weighted by Gasteiger charge is 2.14. The maximum Gasteiger partial charge on any atom is 0.247 e. The predicted octanol–water partition coefficient (Wildman–Crippen LogP) is 3.66. The first-order valence-electron chi connectivity index (χ1n) is 7.34.